The van der Waals surface area contributed by atoms with Crippen LogP contribution < -0.4 is 11.2 Å². The van der Waals surface area contributed by atoms with Gasteiger partial charge in [0.15, 0.2) is 0 Å². The van der Waals surface area contributed by atoms with E-state index in [1.165, 1.54) is 0 Å². The molecule has 0 fully saturated rings. The monoisotopic (exact) mass is 233 g/mol. The molecule has 0 saturated carbocycles. The van der Waals surface area contributed by atoms with Gasteiger partial charge in [-0.2, -0.15) is 5.48 Å². The largest absolute Gasteiger partial charge is 0.330 e. The second-order valence-electron chi connectivity index (χ2n) is 3.72. The van der Waals surface area contributed by atoms with Crippen LogP contribution in [0.5, 0.6) is 0 Å². The average Bonchev–Trinajstić information content (AvgIpc) is 2.67. The lowest BCUT2D eigenvalue weighted by atomic mass is 10.1. The number of H-pyrrole nitrogens is 1. The van der Waals surface area contributed by atoms with Crippen molar-refractivity contribution in [3.05, 3.63) is 52.2 Å². The summed E-state index contributed by atoms with van der Waals surface area (Å²) in [7, 11) is 1.57. The molecule has 0 atom stereocenters. The van der Waals surface area contributed by atoms with Crippen LogP contribution in [0.3, 0.4) is 0 Å². The summed E-state index contributed by atoms with van der Waals surface area (Å²) >= 11 is 0. The Labute approximate surface area is 99.0 Å². The van der Waals surface area contributed by atoms with Crippen LogP contribution in [0.25, 0.3) is 5.69 Å². The van der Waals surface area contributed by atoms with Crippen molar-refractivity contribution in [2.24, 2.45) is 0 Å². The van der Waals surface area contributed by atoms with Crippen molar-refractivity contribution in [1.29, 1.82) is 0 Å². The van der Waals surface area contributed by atoms with E-state index in [9.17, 15) is 4.79 Å². The lowest BCUT2D eigenvalue weighted by Crippen LogP contribution is -2.19. The molecule has 0 bridgehead atoms. The van der Waals surface area contributed by atoms with E-state index in [1.54, 1.807) is 17.9 Å². The number of imidazole rings is 1. The van der Waals surface area contributed by atoms with Crippen molar-refractivity contribution in [3.8, 4) is 5.69 Å². The summed E-state index contributed by atoms with van der Waals surface area (Å²) in [6.45, 7) is 2.43. The van der Waals surface area contributed by atoms with Crippen LogP contribution >= 0.6 is 0 Å². The lowest BCUT2D eigenvalue weighted by molar-refractivity contribution is 0.0867. The SMILES string of the molecule is CONCc1ccccc1-n1c(C)c[nH]c1=O. The van der Waals surface area contributed by atoms with Crippen molar-refractivity contribution >= 4 is 0 Å². The van der Waals surface area contributed by atoms with Crippen LogP contribution in [0.4, 0.5) is 0 Å². The predicted molar refractivity (Wildman–Crippen MR) is 65.0 cm³/mol. The molecule has 0 aliphatic carbocycles. The first-order valence-electron chi connectivity index (χ1n) is 5.35. The highest BCUT2D eigenvalue weighted by atomic mass is 16.6. The standard InChI is InChI=1S/C12H15N3O2/c1-9-7-13-12(16)15(9)11-6-4-3-5-10(11)8-14-17-2/h3-7,14H,8H2,1-2H3,(H,13,16). The number of benzene rings is 1. The summed E-state index contributed by atoms with van der Waals surface area (Å²) in [6, 6.07) is 7.71. The summed E-state index contributed by atoms with van der Waals surface area (Å²) in [5, 5.41) is 0. The zero-order valence-corrected chi connectivity index (χ0v) is 9.86. The number of hydroxylamine groups is 1. The van der Waals surface area contributed by atoms with E-state index in [-0.39, 0.29) is 5.69 Å². The quantitative estimate of drug-likeness (QED) is 0.778. The number of para-hydroxylation sites is 1. The molecule has 2 rings (SSSR count). The molecule has 0 radical (unpaired) electrons. The highest BCUT2D eigenvalue weighted by molar-refractivity contribution is 5.42. The second-order valence-corrected chi connectivity index (χ2v) is 3.72. The summed E-state index contributed by atoms with van der Waals surface area (Å²) < 4.78 is 1.65. The van der Waals surface area contributed by atoms with E-state index < -0.39 is 0 Å². The molecule has 1 heterocycles. The number of nitrogens with one attached hydrogen (secondary N) is 2. The number of hydrogen-bond acceptors (Lipinski definition) is 3. The molecule has 2 N–H and O–H groups in total. The first-order chi connectivity index (χ1) is 8.24. The Morgan fingerprint density at radius 3 is 2.82 bits per heavy atom. The van der Waals surface area contributed by atoms with E-state index in [1.807, 2.05) is 31.2 Å². The summed E-state index contributed by atoms with van der Waals surface area (Å²) in [5.41, 5.74) is 5.38. The molecule has 0 aliphatic heterocycles. The fourth-order valence-electron chi connectivity index (χ4n) is 1.78. The highest BCUT2D eigenvalue weighted by Crippen LogP contribution is 2.14. The molecule has 0 spiro atoms. The van der Waals surface area contributed by atoms with E-state index in [4.69, 9.17) is 4.84 Å². The van der Waals surface area contributed by atoms with Gasteiger partial charge in [-0.15, -0.1) is 0 Å². The molecule has 1 aromatic heterocycles. The number of hydrogen-bond donors (Lipinski definition) is 2. The Hall–Kier alpha value is -1.85. The Balaban J connectivity index is 2.48. The minimum atomic E-state index is -0.132. The summed E-state index contributed by atoms with van der Waals surface area (Å²) in [5.74, 6) is 0. The highest BCUT2D eigenvalue weighted by Gasteiger charge is 2.08. The van der Waals surface area contributed by atoms with E-state index >= 15 is 0 Å². The van der Waals surface area contributed by atoms with Gasteiger partial charge in [-0.05, 0) is 18.6 Å². The maximum absolute atomic E-state index is 11.7. The molecule has 5 heteroatoms. The third-order valence-electron chi connectivity index (χ3n) is 2.60. The fourth-order valence-corrected chi connectivity index (χ4v) is 1.78. The van der Waals surface area contributed by atoms with Gasteiger partial charge >= 0.3 is 5.69 Å². The molecule has 0 saturated heterocycles. The first-order valence-corrected chi connectivity index (χ1v) is 5.35. The van der Waals surface area contributed by atoms with E-state index in [2.05, 4.69) is 10.5 Å². The lowest BCUT2D eigenvalue weighted by Gasteiger charge is -2.11. The van der Waals surface area contributed by atoms with Crippen molar-refractivity contribution in [1.82, 2.24) is 15.0 Å². The van der Waals surface area contributed by atoms with Gasteiger partial charge in [0.2, 0.25) is 0 Å². The molecule has 1 aromatic carbocycles. The zero-order chi connectivity index (χ0) is 12.3. The second kappa shape index (κ2) is 4.99. The van der Waals surface area contributed by atoms with Crippen molar-refractivity contribution in [2.45, 2.75) is 13.5 Å². The molecule has 17 heavy (non-hydrogen) atoms. The van der Waals surface area contributed by atoms with Gasteiger partial charge in [0.05, 0.1) is 12.8 Å². The number of aryl methyl sites for hydroxylation is 1. The van der Waals surface area contributed by atoms with Crippen molar-refractivity contribution < 1.29 is 4.84 Å². The topological polar surface area (TPSA) is 59.0 Å². The number of nitrogens with zero attached hydrogens (tertiary/aromatic N) is 1. The fraction of sp³-hybridized carbons (Fsp3) is 0.250. The number of aromatic amines is 1. The van der Waals surface area contributed by atoms with Crippen molar-refractivity contribution in [2.75, 3.05) is 7.11 Å². The van der Waals surface area contributed by atoms with Crippen LogP contribution in [-0.2, 0) is 11.4 Å². The van der Waals surface area contributed by atoms with Crippen molar-refractivity contribution in [3.63, 3.8) is 0 Å². The number of aromatic nitrogens is 2. The van der Waals surface area contributed by atoms with Crippen LogP contribution in [0, 0.1) is 6.92 Å². The van der Waals surface area contributed by atoms with Gasteiger partial charge in [-0.1, -0.05) is 18.2 Å². The Kier molecular flexibility index (Phi) is 3.41. The van der Waals surface area contributed by atoms with Crippen LogP contribution in [-0.4, -0.2) is 16.7 Å². The number of rotatable bonds is 4. The van der Waals surface area contributed by atoms with E-state index in [0.29, 0.717) is 6.54 Å². The third-order valence-corrected chi connectivity index (χ3v) is 2.60. The van der Waals surface area contributed by atoms with Crippen LogP contribution in [0.1, 0.15) is 11.3 Å². The Morgan fingerprint density at radius 2 is 2.18 bits per heavy atom. The first kappa shape index (κ1) is 11.6. The van der Waals surface area contributed by atoms with Gasteiger partial charge in [0.1, 0.15) is 0 Å². The molecule has 5 nitrogen and oxygen atoms in total. The predicted octanol–water partition coefficient (Wildman–Crippen LogP) is 1.13. The summed E-state index contributed by atoms with van der Waals surface area (Å²) in [4.78, 5) is 19.2. The van der Waals surface area contributed by atoms with Gasteiger partial charge in [-0.25, -0.2) is 4.79 Å². The third kappa shape index (κ3) is 2.30. The van der Waals surface area contributed by atoms with Crippen LogP contribution in [0.2, 0.25) is 0 Å². The average molecular weight is 233 g/mol. The van der Waals surface area contributed by atoms with E-state index in [0.717, 1.165) is 16.9 Å². The maximum atomic E-state index is 11.7. The van der Waals surface area contributed by atoms with Gasteiger partial charge in [-0.3, -0.25) is 4.57 Å². The molecule has 90 valence electrons. The molecular formula is C12H15N3O2. The molecule has 0 aliphatic rings. The van der Waals surface area contributed by atoms with Crippen LogP contribution in [0.15, 0.2) is 35.3 Å². The molecule has 0 unspecified atom stereocenters. The minimum Gasteiger partial charge on any atom is -0.312 e. The Bertz CT molecular complexity index is 557. The minimum absolute atomic E-state index is 0.132. The van der Waals surface area contributed by atoms with Gasteiger partial charge < -0.3 is 9.82 Å². The molecular weight excluding hydrogens is 218 g/mol. The molecule has 0 amide bonds. The molecule has 2 aromatic rings. The van der Waals surface area contributed by atoms with Gasteiger partial charge in [0.25, 0.3) is 0 Å². The maximum Gasteiger partial charge on any atom is 0.330 e. The normalized spacial score (nSPS) is 10.7. The zero-order valence-electron chi connectivity index (χ0n) is 9.86. The smallest absolute Gasteiger partial charge is 0.312 e. The Morgan fingerprint density at radius 1 is 1.41 bits per heavy atom. The van der Waals surface area contributed by atoms with Gasteiger partial charge in [0, 0.05) is 18.4 Å². The summed E-state index contributed by atoms with van der Waals surface area (Å²) in [6.07, 6.45) is 1.70.